The zero-order chi connectivity index (χ0) is 22.1. The van der Waals surface area contributed by atoms with Crippen molar-refractivity contribution in [2.24, 2.45) is 5.92 Å². The van der Waals surface area contributed by atoms with Gasteiger partial charge in [-0.1, -0.05) is 12.1 Å². The predicted molar refractivity (Wildman–Crippen MR) is 121 cm³/mol. The zero-order valence-corrected chi connectivity index (χ0v) is 18.2. The monoisotopic (exact) mass is 425 g/mol. The third-order valence-electron chi connectivity index (χ3n) is 5.48. The first-order valence-electron chi connectivity index (χ1n) is 10.7. The maximum Gasteiger partial charge on any atom is 0.321 e. The molecule has 2 aromatic carbocycles. The van der Waals surface area contributed by atoms with Gasteiger partial charge in [-0.15, -0.1) is 0 Å². The van der Waals surface area contributed by atoms with Crippen molar-refractivity contribution in [3.63, 3.8) is 0 Å². The van der Waals surface area contributed by atoms with E-state index in [2.05, 4.69) is 10.6 Å². The van der Waals surface area contributed by atoms with E-state index in [0.717, 1.165) is 49.4 Å². The van der Waals surface area contributed by atoms with E-state index in [1.165, 1.54) is 0 Å². The van der Waals surface area contributed by atoms with E-state index in [4.69, 9.17) is 9.47 Å². The summed E-state index contributed by atoms with van der Waals surface area (Å²) in [7, 11) is 1.60. The van der Waals surface area contributed by atoms with E-state index in [1.54, 1.807) is 31.4 Å². The Hall–Kier alpha value is -3.22. The number of amides is 3. The number of rotatable bonds is 8. The summed E-state index contributed by atoms with van der Waals surface area (Å²) < 4.78 is 10.6. The van der Waals surface area contributed by atoms with E-state index in [9.17, 15) is 9.59 Å². The van der Waals surface area contributed by atoms with Crippen LogP contribution in [0.3, 0.4) is 0 Å². The van der Waals surface area contributed by atoms with Gasteiger partial charge >= 0.3 is 6.03 Å². The summed E-state index contributed by atoms with van der Waals surface area (Å²) in [5.74, 6) is 1.75. The molecule has 0 aromatic heterocycles. The van der Waals surface area contributed by atoms with Crippen molar-refractivity contribution in [2.45, 2.75) is 26.2 Å². The van der Waals surface area contributed by atoms with Crippen LogP contribution in [0.5, 0.6) is 11.5 Å². The van der Waals surface area contributed by atoms with Crippen LogP contribution in [0, 0.1) is 12.8 Å². The van der Waals surface area contributed by atoms with E-state index >= 15 is 0 Å². The molecule has 0 bridgehead atoms. The van der Waals surface area contributed by atoms with Crippen molar-refractivity contribution in [1.82, 2.24) is 10.2 Å². The number of carbonyl (C=O) groups excluding carboxylic acids is 2. The Morgan fingerprint density at radius 2 is 1.77 bits per heavy atom. The minimum absolute atomic E-state index is 0.0100. The number of nitrogens with one attached hydrogen (secondary N) is 2. The first-order chi connectivity index (χ1) is 15.0. The fourth-order valence-electron chi connectivity index (χ4n) is 3.64. The minimum atomic E-state index is -0.134. The molecule has 2 aromatic rings. The molecule has 166 valence electrons. The van der Waals surface area contributed by atoms with Crippen LogP contribution in [0.25, 0.3) is 0 Å². The van der Waals surface area contributed by atoms with Gasteiger partial charge in [-0.2, -0.15) is 0 Å². The lowest BCUT2D eigenvalue weighted by Crippen LogP contribution is -2.41. The van der Waals surface area contributed by atoms with Crippen LogP contribution >= 0.6 is 0 Å². The largest absolute Gasteiger partial charge is 0.497 e. The zero-order valence-electron chi connectivity index (χ0n) is 18.2. The van der Waals surface area contributed by atoms with Gasteiger partial charge in [-0.3, -0.25) is 4.79 Å². The maximum absolute atomic E-state index is 12.5. The smallest absolute Gasteiger partial charge is 0.321 e. The van der Waals surface area contributed by atoms with Gasteiger partial charge in [0.05, 0.1) is 7.11 Å². The van der Waals surface area contributed by atoms with Crippen molar-refractivity contribution < 1.29 is 19.1 Å². The van der Waals surface area contributed by atoms with E-state index < -0.39 is 0 Å². The Labute approximate surface area is 183 Å². The Bertz CT molecular complexity index is 861. The highest BCUT2D eigenvalue weighted by Crippen LogP contribution is 2.21. The van der Waals surface area contributed by atoms with Crippen LogP contribution in [0.2, 0.25) is 0 Å². The van der Waals surface area contributed by atoms with Crippen LogP contribution in [0.15, 0.2) is 48.5 Å². The number of hydrogen-bond acceptors (Lipinski definition) is 4. The second kappa shape index (κ2) is 11.2. The van der Waals surface area contributed by atoms with Gasteiger partial charge in [0.15, 0.2) is 6.61 Å². The van der Waals surface area contributed by atoms with E-state index in [0.29, 0.717) is 18.2 Å². The standard InChI is InChI=1S/C24H31N3O4/c1-18-4-3-5-20(16-18)26-24(29)27-14-11-19(12-15-27)10-13-25-23(28)17-31-22-8-6-21(30-2)7-9-22/h3-9,16,19H,10-15,17H2,1-2H3,(H,25,28)(H,26,29). The molecule has 1 heterocycles. The number of nitrogens with zero attached hydrogens (tertiary/aromatic N) is 1. The second-order valence-electron chi connectivity index (χ2n) is 7.83. The molecule has 31 heavy (non-hydrogen) atoms. The Morgan fingerprint density at radius 1 is 1.06 bits per heavy atom. The van der Waals surface area contributed by atoms with Gasteiger partial charge in [0.25, 0.3) is 5.91 Å². The van der Waals surface area contributed by atoms with Crippen LogP contribution in [0.4, 0.5) is 10.5 Å². The van der Waals surface area contributed by atoms with Gasteiger partial charge in [0.1, 0.15) is 11.5 Å². The van der Waals surface area contributed by atoms with Crippen LogP contribution in [-0.2, 0) is 4.79 Å². The van der Waals surface area contributed by atoms with E-state index in [-0.39, 0.29) is 18.5 Å². The molecule has 1 fully saturated rings. The maximum atomic E-state index is 12.5. The molecule has 0 aliphatic carbocycles. The first kappa shape index (κ1) is 22.5. The van der Waals surface area contributed by atoms with Gasteiger partial charge in [-0.25, -0.2) is 4.79 Å². The van der Waals surface area contributed by atoms with Gasteiger partial charge in [0, 0.05) is 25.3 Å². The molecule has 0 saturated carbocycles. The molecule has 2 N–H and O–H groups in total. The summed E-state index contributed by atoms with van der Waals surface area (Å²) in [5.41, 5.74) is 1.94. The minimum Gasteiger partial charge on any atom is -0.497 e. The molecule has 0 spiro atoms. The normalized spacial score (nSPS) is 14.1. The number of hydrogen-bond donors (Lipinski definition) is 2. The Kier molecular flexibility index (Phi) is 8.15. The molecule has 0 atom stereocenters. The molecule has 0 radical (unpaired) electrons. The van der Waals surface area contributed by atoms with Crippen molar-refractivity contribution in [1.29, 1.82) is 0 Å². The molecular formula is C24H31N3O4. The molecule has 1 saturated heterocycles. The molecular weight excluding hydrogens is 394 g/mol. The van der Waals surface area contributed by atoms with Crippen molar-refractivity contribution in [3.8, 4) is 11.5 Å². The second-order valence-corrected chi connectivity index (χ2v) is 7.83. The Morgan fingerprint density at radius 3 is 2.45 bits per heavy atom. The number of likely N-dealkylation sites (tertiary alicyclic amines) is 1. The number of methoxy groups -OCH3 is 1. The van der Waals surface area contributed by atoms with Crippen molar-refractivity contribution >= 4 is 17.6 Å². The highest BCUT2D eigenvalue weighted by Gasteiger charge is 2.22. The first-order valence-corrected chi connectivity index (χ1v) is 10.7. The van der Waals surface area contributed by atoms with Crippen LogP contribution in [0.1, 0.15) is 24.8 Å². The van der Waals surface area contributed by atoms with Gasteiger partial charge in [-0.05, 0) is 74.1 Å². The molecule has 3 rings (SSSR count). The van der Waals surface area contributed by atoms with Crippen molar-refractivity contribution in [2.75, 3.05) is 38.7 Å². The SMILES string of the molecule is COc1ccc(OCC(=O)NCCC2CCN(C(=O)Nc3cccc(C)c3)CC2)cc1. The van der Waals surface area contributed by atoms with Gasteiger partial charge < -0.3 is 25.0 Å². The predicted octanol–water partition coefficient (Wildman–Crippen LogP) is 3.83. The summed E-state index contributed by atoms with van der Waals surface area (Å²) in [6.07, 6.45) is 2.79. The molecule has 1 aliphatic heterocycles. The van der Waals surface area contributed by atoms with E-state index in [1.807, 2.05) is 36.1 Å². The summed E-state index contributed by atoms with van der Waals surface area (Å²) in [4.78, 5) is 26.3. The van der Waals surface area contributed by atoms with Crippen LogP contribution < -0.4 is 20.1 Å². The molecule has 7 heteroatoms. The lowest BCUT2D eigenvalue weighted by atomic mass is 9.94. The number of piperidine rings is 1. The fraction of sp³-hybridized carbons (Fsp3) is 0.417. The van der Waals surface area contributed by atoms with Gasteiger partial charge in [0.2, 0.25) is 0 Å². The summed E-state index contributed by atoms with van der Waals surface area (Å²) in [5, 5.41) is 5.88. The molecule has 7 nitrogen and oxygen atoms in total. The quantitative estimate of drug-likeness (QED) is 0.674. The molecule has 1 aliphatic rings. The third-order valence-corrected chi connectivity index (χ3v) is 5.48. The highest BCUT2D eigenvalue weighted by molar-refractivity contribution is 5.89. The number of benzene rings is 2. The number of urea groups is 1. The lowest BCUT2D eigenvalue weighted by Gasteiger charge is -2.32. The fourth-order valence-corrected chi connectivity index (χ4v) is 3.64. The van der Waals surface area contributed by atoms with Crippen LogP contribution in [-0.4, -0.2) is 50.2 Å². The van der Waals surface area contributed by atoms with Crippen molar-refractivity contribution in [3.05, 3.63) is 54.1 Å². The third kappa shape index (κ3) is 7.20. The number of carbonyl (C=O) groups is 2. The number of aryl methyl sites for hydroxylation is 1. The summed E-state index contributed by atoms with van der Waals surface area (Å²) in [6.45, 7) is 4.08. The molecule has 3 amide bonds. The Balaban J connectivity index is 1.30. The average molecular weight is 426 g/mol. The number of ether oxygens (including phenoxy) is 2. The highest BCUT2D eigenvalue weighted by atomic mass is 16.5. The summed E-state index contributed by atoms with van der Waals surface area (Å²) >= 11 is 0. The topological polar surface area (TPSA) is 79.9 Å². The summed E-state index contributed by atoms with van der Waals surface area (Å²) in [6, 6.07) is 14.9. The lowest BCUT2D eigenvalue weighted by molar-refractivity contribution is -0.123. The number of anilines is 1. The molecule has 0 unspecified atom stereocenters. The average Bonchev–Trinajstić information content (AvgIpc) is 2.78.